The van der Waals surface area contributed by atoms with E-state index in [1.807, 2.05) is 25.1 Å². The molecule has 0 atom stereocenters. The van der Waals surface area contributed by atoms with Gasteiger partial charge < -0.3 is 10.9 Å². The summed E-state index contributed by atoms with van der Waals surface area (Å²) in [7, 11) is 0. The minimum absolute atomic E-state index is 0.0880. The normalized spacial score (nSPS) is 11.5. The second kappa shape index (κ2) is 5.50. The van der Waals surface area contributed by atoms with E-state index in [1.54, 1.807) is 18.6 Å². The van der Waals surface area contributed by atoms with E-state index < -0.39 is 0 Å². The van der Waals surface area contributed by atoms with Crippen molar-refractivity contribution in [3.63, 3.8) is 0 Å². The van der Waals surface area contributed by atoms with Crippen LogP contribution in [-0.4, -0.2) is 21.0 Å². The van der Waals surface area contributed by atoms with E-state index in [1.165, 1.54) is 11.8 Å². The van der Waals surface area contributed by atoms with Crippen LogP contribution in [0.1, 0.15) is 11.1 Å². The molecule has 0 unspecified atom stereocenters. The molecule has 5 nitrogen and oxygen atoms in total. The fourth-order valence-electron chi connectivity index (χ4n) is 1.44. The molecule has 0 spiro atoms. The van der Waals surface area contributed by atoms with Gasteiger partial charge in [-0.3, -0.25) is 4.98 Å². The van der Waals surface area contributed by atoms with Gasteiger partial charge in [0.25, 0.3) is 0 Å². The Kier molecular flexibility index (Phi) is 3.78. The Hall–Kier alpha value is -2.08. The minimum atomic E-state index is 0.0880. The number of nitrogens with two attached hydrogens (primary N) is 1. The predicted octanol–water partition coefficient (Wildman–Crippen LogP) is 2.03. The van der Waals surface area contributed by atoms with Crippen molar-refractivity contribution in [1.29, 1.82) is 0 Å². The maximum atomic E-state index is 8.80. The molecule has 6 heteroatoms. The van der Waals surface area contributed by atoms with Crippen molar-refractivity contribution in [2.45, 2.75) is 16.8 Å². The Morgan fingerprint density at radius 1 is 1.39 bits per heavy atom. The summed E-state index contributed by atoms with van der Waals surface area (Å²) in [6.07, 6.45) is 4.91. The number of nitrogens with zero attached hydrogens (tertiary/aromatic N) is 3. The smallest absolute Gasteiger partial charge is 0.171 e. The molecule has 0 amide bonds. The molecule has 0 aliphatic carbocycles. The lowest BCUT2D eigenvalue weighted by atomic mass is 10.1. The van der Waals surface area contributed by atoms with Crippen molar-refractivity contribution in [2.24, 2.45) is 10.9 Å². The van der Waals surface area contributed by atoms with Gasteiger partial charge in [0.1, 0.15) is 5.03 Å². The van der Waals surface area contributed by atoms with E-state index in [0.29, 0.717) is 5.56 Å². The summed E-state index contributed by atoms with van der Waals surface area (Å²) in [5, 5.41) is 12.6. The molecule has 0 saturated heterocycles. The first-order chi connectivity index (χ1) is 8.70. The number of aromatic nitrogens is 2. The maximum absolute atomic E-state index is 8.80. The fourth-order valence-corrected chi connectivity index (χ4v) is 2.30. The van der Waals surface area contributed by atoms with Gasteiger partial charge in [-0.05, 0) is 19.1 Å². The van der Waals surface area contributed by atoms with E-state index in [2.05, 4.69) is 15.1 Å². The molecule has 18 heavy (non-hydrogen) atoms. The molecule has 2 rings (SSSR count). The number of hydrogen-bond donors (Lipinski definition) is 2. The summed E-state index contributed by atoms with van der Waals surface area (Å²) in [6.45, 7) is 1.95. The van der Waals surface area contributed by atoms with Gasteiger partial charge in [0.2, 0.25) is 0 Å². The molecule has 3 N–H and O–H groups in total. The van der Waals surface area contributed by atoms with E-state index in [-0.39, 0.29) is 5.84 Å². The van der Waals surface area contributed by atoms with Gasteiger partial charge in [-0.2, -0.15) is 0 Å². The van der Waals surface area contributed by atoms with Crippen LogP contribution in [0.15, 0.2) is 51.9 Å². The lowest BCUT2D eigenvalue weighted by molar-refractivity contribution is 0.318. The Bertz CT molecular complexity index is 572. The molecule has 1 aromatic heterocycles. The molecule has 92 valence electrons. The number of aryl methyl sites for hydroxylation is 1. The highest BCUT2D eigenvalue weighted by Crippen LogP contribution is 2.29. The molecule has 0 aliphatic rings. The topological polar surface area (TPSA) is 84.4 Å². The first kappa shape index (κ1) is 12.4. The zero-order valence-corrected chi connectivity index (χ0v) is 10.6. The monoisotopic (exact) mass is 260 g/mol. The third kappa shape index (κ3) is 2.78. The van der Waals surface area contributed by atoms with Crippen LogP contribution in [0.3, 0.4) is 0 Å². The zero-order chi connectivity index (χ0) is 13.0. The first-order valence-electron chi connectivity index (χ1n) is 5.23. The lowest BCUT2D eigenvalue weighted by Crippen LogP contribution is -2.14. The molecule has 0 fully saturated rings. The second-order valence-corrected chi connectivity index (χ2v) is 4.69. The molecule has 0 radical (unpaired) electrons. The van der Waals surface area contributed by atoms with Crippen LogP contribution in [0.5, 0.6) is 0 Å². The van der Waals surface area contributed by atoms with Gasteiger partial charge in [0.05, 0.1) is 6.20 Å². The average Bonchev–Trinajstić information content (AvgIpc) is 2.41. The van der Waals surface area contributed by atoms with Crippen molar-refractivity contribution in [1.82, 2.24) is 9.97 Å². The van der Waals surface area contributed by atoms with Crippen LogP contribution in [0, 0.1) is 6.92 Å². The molecule has 1 heterocycles. The van der Waals surface area contributed by atoms with Crippen molar-refractivity contribution >= 4 is 17.6 Å². The van der Waals surface area contributed by atoms with E-state index in [4.69, 9.17) is 10.9 Å². The van der Waals surface area contributed by atoms with Crippen LogP contribution >= 0.6 is 11.8 Å². The van der Waals surface area contributed by atoms with Crippen molar-refractivity contribution in [3.05, 3.63) is 47.9 Å². The van der Waals surface area contributed by atoms with Crippen LogP contribution in [-0.2, 0) is 0 Å². The summed E-state index contributed by atoms with van der Waals surface area (Å²) in [5.74, 6) is 0.0880. The number of hydrogen-bond acceptors (Lipinski definition) is 5. The Labute approximate surface area is 109 Å². The largest absolute Gasteiger partial charge is 0.409 e. The van der Waals surface area contributed by atoms with Gasteiger partial charge in [-0.15, -0.1) is 0 Å². The number of benzene rings is 1. The number of oxime groups is 1. The zero-order valence-electron chi connectivity index (χ0n) is 9.74. The van der Waals surface area contributed by atoms with Gasteiger partial charge >= 0.3 is 0 Å². The number of rotatable bonds is 3. The summed E-state index contributed by atoms with van der Waals surface area (Å²) >= 11 is 1.42. The lowest BCUT2D eigenvalue weighted by Gasteiger charge is -2.08. The van der Waals surface area contributed by atoms with Gasteiger partial charge in [-0.25, -0.2) is 4.98 Å². The van der Waals surface area contributed by atoms with Crippen LogP contribution in [0.2, 0.25) is 0 Å². The van der Waals surface area contributed by atoms with Crippen molar-refractivity contribution in [2.75, 3.05) is 0 Å². The van der Waals surface area contributed by atoms with Gasteiger partial charge in [-0.1, -0.05) is 28.5 Å². The summed E-state index contributed by atoms with van der Waals surface area (Å²) in [4.78, 5) is 9.05. The predicted molar refractivity (Wildman–Crippen MR) is 69.8 cm³/mol. The quantitative estimate of drug-likeness (QED) is 0.382. The fraction of sp³-hybridized carbons (Fsp3) is 0.0833. The highest BCUT2D eigenvalue weighted by Gasteiger charge is 2.09. The molecule has 2 aromatic rings. The second-order valence-electron chi connectivity index (χ2n) is 3.63. The summed E-state index contributed by atoms with van der Waals surface area (Å²) in [5.41, 5.74) is 7.40. The first-order valence-corrected chi connectivity index (χ1v) is 6.05. The molecule has 0 saturated carbocycles. The standard InChI is InChI=1S/C12H12N4OS/c1-8-2-3-10(9(6-8)12(13)16-17)18-11-7-14-4-5-15-11/h2-7,17H,1H3,(H2,13,16). The Morgan fingerprint density at radius 2 is 2.22 bits per heavy atom. The minimum Gasteiger partial charge on any atom is -0.409 e. The molecular formula is C12H12N4OS. The van der Waals surface area contributed by atoms with Crippen LogP contribution in [0.4, 0.5) is 0 Å². The van der Waals surface area contributed by atoms with Crippen molar-refractivity contribution in [3.8, 4) is 0 Å². The van der Waals surface area contributed by atoms with Crippen LogP contribution < -0.4 is 5.73 Å². The third-order valence-corrected chi connectivity index (χ3v) is 3.27. The third-order valence-electron chi connectivity index (χ3n) is 2.27. The SMILES string of the molecule is Cc1ccc(Sc2cnccn2)c(/C(N)=N/O)c1. The van der Waals surface area contributed by atoms with E-state index >= 15 is 0 Å². The van der Waals surface area contributed by atoms with E-state index in [0.717, 1.165) is 15.5 Å². The van der Waals surface area contributed by atoms with Gasteiger partial charge in [0.15, 0.2) is 5.84 Å². The summed E-state index contributed by atoms with van der Waals surface area (Å²) < 4.78 is 0. The molecule has 0 aliphatic heterocycles. The average molecular weight is 260 g/mol. The molecular weight excluding hydrogens is 248 g/mol. The summed E-state index contributed by atoms with van der Waals surface area (Å²) in [6, 6.07) is 5.75. The molecule has 1 aromatic carbocycles. The Balaban J connectivity index is 2.39. The maximum Gasteiger partial charge on any atom is 0.171 e. The highest BCUT2D eigenvalue weighted by molar-refractivity contribution is 7.99. The van der Waals surface area contributed by atoms with Gasteiger partial charge in [0, 0.05) is 22.9 Å². The van der Waals surface area contributed by atoms with Crippen LogP contribution in [0.25, 0.3) is 0 Å². The number of amidine groups is 1. The van der Waals surface area contributed by atoms with E-state index in [9.17, 15) is 0 Å². The Morgan fingerprint density at radius 3 is 2.89 bits per heavy atom. The highest BCUT2D eigenvalue weighted by atomic mass is 32.2. The molecule has 0 bridgehead atoms. The van der Waals surface area contributed by atoms with Crippen molar-refractivity contribution < 1.29 is 5.21 Å².